The van der Waals surface area contributed by atoms with Gasteiger partial charge >= 0.3 is 0 Å². The number of hydrogen-bond donors (Lipinski definition) is 1. The molecule has 4 nitrogen and oxygen atoms in total. The van der Waals surface area contributed by atoms with E-state index >= 15 is 0 Å². The maximum atomic E-state index is 12.1. The van der Waals surface area contributed by atoms with Crippen LogP contribution in [0.2, 0.25) is 0 Å². The van der Waals surface area contributed by atoms with E-state index in [0.29, 0.717) is 17.8 Å². The average Bonchev–Trinajstić information content (AvgIpc) is 2.69. The van der Waals surface area contributed by atoms with E-state index in [0.717, 1.165) is 19.4 Å². The number of amides is 1. The predicted molar refractivity (Wildman–Crippen MR) is 74.7 cm³/mol. The average molecular weight is 257 g/mol. The minimum Gasteiger partial charge on any atom is -0.324 e. The van der Waals surface area contributed by atoms with Gasteiger partial charge in [0.25, 0.3) is 0 Å². The molecule has 0 radical (unpaired) electrons. The first-order valence-corrected chi connectivity index (χ1v) is 6.57. The Bertz CT molecular complexity index is 516. The summed E-state index contributed by atoms with van der Waals surface area (Å²) in [6.07, 6.45) is 2.25. The first kappa shape index (κ1) is 13.6. The fourth-order valence-electron chi connectivity index (χ4n) is 2.51. The van der Waals surface area contributed by atoms with Crippen LogP contribution in [0, 0.1) is 11.3 Å². The van der Waals surface area contributed by atoms with Crippen LogP contribution in [-0.4, -0.2) is 29.4 Å². The summed E-state index contributed by atoms with van der Waals surface area (Å²) < 4.78 is 0. The molecular formula is C15H19N3O. The fraction of sp³-hybridized carbons (Fsp3) is 0.467. The molecule has 0 unspecified atom stereocenters. The Kier molecular flexibility index (Phi) is 3.87. The van der Waals surface area contributed by atoms with Gasteiger partial charge in [0, 0.05) is 5.54 Å². The van der Waals surface area contributed by atoms with Crippen LogP contribution in [-0.2, 0) is 4.79 Å². The minimum atomic E-state index is -0.0577. The Hall–Kier alpha value is -1.86. The van der Waals surface area contributed by atoms with E-state index in [4.69, 9.17) is 5.26 Å². The van der Waals surface area contributed by atoms with Crippen LogP contribution in [0.3, 0.4) is 0 Å². The lowest BCUT2D eigenvalue weighted by Gasteiger charge is -2.30. The number of carbonyl (C=O) groups excluding carboxylic acids is 1. The second kappa shape index (κ2) is 5.41. The zero-order valence-corrected chi connectivity index (χ0v) is 11.4. The molecule has 1 heterocycles. The molecule has 1 saturated heterocycles. The van der Waals surface area contributed by atoms with Crippen LogP contribution in [0.15, 0.2) is 24.3 Å². The van der Waals surface area contributed by atoms with Gasteiger partial charge in [-0.05, 0) is 45.4 Å². The number of hydrogen-bond acceptors (Lipinski definition) is 3. The van der Waals surface area contributed by atoms with Gasteiger partial charge in [0.1, 0.15) is 6.07 Å². The summed E-state index contributed by atoms with van der Waals surface area (Å²) in [5.41, 5.74) is 1.18. The first-order valence-electron chi connectivity index (χ1n) is 6.57. The largest absolute Gasteiger partial charge is 0.324 e. The molecule has 1 fully saturated rings. The standard InChI is InChI=1S/C15H19N3O/c1-15(2)8-5-9-18(15)11-14(19)17-13-7-4-3-6-12(13)10-16/h3-4,6-7H,5,8-9,11H2,1-2H3,(H,17,19). The van der Waals surface area contributed by atoms with Gasteiger partial charge < -0.3 is 5.32 Å². The molecule has 1 aromatic rings. The number of likely N-dealkylation sites (tertiary alicyclic amines) is 1. The molecule has 0 aromatic heterocycles. The summed E-state index contributed by atoms with van der Waals surface area (Å²) >= 11 is 0. The third-order valence-corrected chi connectivity index (χ3v) is 3.73. The number of carbonyl (C=O) groups is 1. The number of nitriles is 1. The molecule has 2 rings (SSSR count). The van der Waals surface area contributed by atoms with E-state index in [1.165, 1.54) is 0 Å². The lowest BCUT2D eigenvalue weighted by molar-refractivity contribution is -0.118. The van der Waals surface area contributed by atoms with Crippen molar-refractivity contribution in [3.8, 4) is 6.07 Å². The fourth-order valence-corrected chi connectivity index (χ4v) is 2.51. The van der Waals surface area contributed by atoms with E-state index in [9.17, 15) is 4.79 Å². The maximum absolute atomic E-state index is 12.1. The summed E-state index contributed by atoms with van der Waals surface area (Å²) in [5, 5.41) is 11.8. The van der Waals surface area contributed by atoms with Crippen molar-refractivity contribution in [3.63, 3.8) is 0 Å². The smallest absolute Gasteiger partial charge is 0.238 e. The van der Waals surface area contributed by atoms with Gasteiger partial charge in [-0.15, -0.1) is 0 Å². The molecule has 100 valence electrons. The molecule has 0 aliphatic carbocycles. The van der Waals surface area contributed by atoms with Crippen LogP contribution >= 0.6 is 0 Å². The second-order valence-electron chi connectivity index (χ2n) is 5.54. The van der Waals surface area contributed by atoms with Crippen molar-refractivity contribution < 1.29 is 4.79 Å². The van der Waals surface area contributed by atoms with Crippen molar-refractivity contribution in [2.75, 3.05) is 18.4 Å². The van der Waals surface area contributed by atoms with Gasteiger partial charge in [0.2, 0.25) is 5.91 Å². The van der Waals surface area contributed by atoms with Crippen LogP contribution < -0.4 is 5.32 Å². The van der Waals surface area contributed by atoms with Crippen molar-refractivity contribution in [3.05, 3.63) is 29.8 Å². The highest BCUT2D eigenvalue weighted by Gasteiger charge is 2.32. The number of anilines is 1. The van der Waals surface area contributed by atoms with Crippen LogP contribution in [0.1, 0.15) is 32.3 Å². The molecule has 0 spiro atoms. The topological polar surface area (TPSA) is 56.1 Å². The van der Waals surface area contributed by atoms with E-state index in [2.05, 4.69) is 30.1 Å². The Morgan fingerprint density at radius 2 is 2.21 bits per heavy atom. The van der Waals surface area contributed by atoms with Crippen molar-refractivity contribution in [2.24, 2.45) is 0 Å². The monoisotopic (exact) mass is 257 g/mol. The molecule has 4 heteroatoms. The number of nitrogens with one attached hydrogen (secondary N) is 1. The summed E-state index contributed by atoms with van der Waals surface area (Å²) in [5.74, 6) is -0.0577. The normalized spacial score (nSPS) is 17.9. The molecular weight excluding hydrogens is 238 g/mol. The molecule has 0 bridgehead atoms. The highest BCUT2D eigenvalue weighted by molar-refractivity contribution is 5.93. The van der Waals surface area contributed by atoms with Gasteiger partial charge in [-0.1, -0.05) is 12.1 Å². The van der Waals surface area contributed by atoms with Crippen molar-refractivity contribution in [1.82, 2.24) is 4.90 Å². The molecule has 19 heavy (non-hydrogen) atoms. The van der Waals surface area contributed by atoms with Gasteiger partial charge in [-0.25, -0.2) is 0 Å². The lowest BCUT2D eigenvalue weighted by Crippen LogP contribution is -2.43. The number of nitrogens with zero attached hydrogens (tertiary/aromatic N) is 2. The van der Waals surface area contributed by atoms with Gasteiger partial charge in [-0.3, -0.25) is 9.69 Å². The van der Waals surface area contributed by atoms with Gasteiger partial charge in [0.05, 0.1) is 17.8 Å². The molecule has 1 N–H and O–H groups in total. The maximum Gasteiger partial charge on any atom is 0.238 e. The van der Waals surface area contributed by atoms with E-state index < -0.39 is 0 Å². The summed E-state index contributed by atoms with van der Waals surface area (Å²) in [6, 6.07) is 9.15. The summed E-state index contributed by atoms with van der Waals surface area (Å²) in [4.78, 5) is 14.3. The van der Waals surface area contributed by atoms with E-state index in [-0.39, 0.29) is 11.4 Å². The second-order valence-corrected chi connectivity index (χ2v) is 5.54. The Balaban J connectivity index is 2.00. The zero-order chi connectivity index (χ0) is 13.9. The van der Waals surface area contributed by atoms with Gasteiger partial charge in [0.15, 0.2) is 0 Å². The van der Waals surface area contributed by atoms with Crippen LogP contribution in [0.25, 0.3) is 0 Å². The van der Waals surface area contributed by atoms with Gasteiger partial charge in [-0.2, -0.15) is 5.26 Å². The number of benzene rings is 1. The Morgan fingerprint density at radius 3 is 2.84 bits per heavy atom. The molecule has 1 aliphatic heterocycles. The van der Waals surface area contributed by atoms with Crippen LogP contribution in [0.4, 0.5) is 5.69 Å². The highest BCUT2D eigenvalue weighted by atomic mass is 16.2. The molecule has 1 amide bonds. The summed E-state index contributed by atoms with van der Waals surface area (Å²) in [6.45, 7) is 5.67. The Labute approximate surface area is 114 Å². The third kappa shape index (κ3) is 3.12. The van der Waals surface area contributed by atoms with Crippen LogP contribution in [0.5, 0.6) is 0 Å². The SMILES string of the molecule is CC1(C)CCCN1CC(=O)Nc1ccccc1C#N. The van der Waals surface area contributed by atoms with E-state index in [1.54, 1.807) is 18.2 Å². The van der Waals surface area contributed by atoms with Crippen molar-refractivity contribution in [1.29, 1.82) is 5.26 Å². The molecule has 1 aliphatic rings. The quantitative estimate of drug-likeness (QED) is 0.904. The zero-order valence-electron chi connectivity index (χ0n) is 11.4. The predicted octanol–water partition coefficient (Wildman–Crippen LogP) is 2.37. The molecule has 0 atom stereocenters. The lowest BCUT2D eigenvalue weighted by atomic mass is 10.0. The molecule has 0 saturated carbocycles. The molecule has 1 aromatic carbocycles. The minimum absolute atomic E-state index is 0.0577. The highest BCUT2D eigenvalue weighted by Crippen LogP contribution is 2.27. The van der Waals surface area contributed by atoms with Crippen molar-refractivity contribution >= 4 is 11.6 Å². The third-order valence-electron chi connectivity index (χ3n) is 3.73. The Morgan fingerprint density at radius 1 is 1.47 bits per heavy atom. The number of rotatable bonds is 3. The summed E-state index contributed by atoms with van der Waals surface area (Å²) in [7, 11) is 0. The van der Waals surface area contributed by atoms with E-state index in [1.807, 2.05) is 6.07 Å². The van der Waals surface area contributed by atoms with Crippen molar-refractivity contribution in [2.45, 2.75) is 32.2 Å². The first-order chi connectivity index (χ1) is 9.03. The number of para-hydroxylation sites is 1.